The van der Waals surface area contributed by atoms with Gasteiger partial charge in [-0.05, 0) is 23.4 Å². The van der Waals surface area contributed by atoms with E-state index in [-0.39, 0.29) is 30.9 Å². The molecule has 0 spiro atoms. The Hall–Kier alpha value is -2.18. The van der Waals surface area contributed by atoms with E-state index in [4.69, 9.17) is 0 Å². The molecule has 128 valence electrons. The second-order valence-electron chi connectivity index (χ2n) is 5.68. The zero-order valence-corrected chi connectivity index (χ0v) is 14.5. The van der Waals surface area contributed by atoms with Crippen LogP contribution in [0.15, 0.2) is 47.8 Å². The molecule has 6 heteroatoms. The van der Waals surface area contributed by atoms with Crippen LogP contribution in [0.25, 0.3) is 0 Å². The topological polar surface area (TPSA) is 69.6 Å². The number of rotatable bonds is 8. The summed E-state index contributed by atoms with van der Waals surface area (Å²) in [6.45, 7) is 0.380. The average Bonchev–Trinajstić information content (AvgIpc) is 3.13. The Balaban J connectivity index is 1.78. The van der Waals surface area contributed by atoms with Gasteiger partial charge >= 0.3 is 0 Å². The molecule has 0 saturated carbocycles. The van der Waals surface area contributed by atoms with Crippen molar-refractivity contribution in [3.8, 4) is 0 Å². The van der Waals surface area contributed by atoms with Crippen LogP contribution in [0.4, 0.5) is 0 Å². The van der Waals surface area contributed by atoms with E-state index < -0.39 is 0 Å². The number of aliphatic hydroxyl groups excluding tert-OH is 1. The first-order valence-electron chi connectivity index (χ1n) is 7.80. The standard InChI is InChI=1S/C18H22N2O3S/c1-20(18(23)16-8-5-9-24-16)12-17(22)19-11-15(13-21)10-14-6-3-2-4-7-14/h2-9,15,21H,10-13H2,1H3,(H,19,22)/t15-/m1/s1. The zero-order valence-electron chi connectivity index (χ0n) is 13.6. The Morgan fingerprint density at radius 3 is 2.58 bits per heavy atom. The Morgan fingerprint density at radius 1 is 1.21 bits per heavy atom. The lowest BCUT2D eigenvalue weighted by Gasteiger charge is -2.18. The fourth-order valence-corrected chi connectivity index (χ4v) is 3.06. The summed E-state index contributed by atoms with van der Waals surface area (Å²) >= 11 is 1.35. The first-order valence-corrected chi connectivity index (χ1v) is 8.68. The summed E-state index contributed by atoms with van der Waals surface area (Å²) in [4.78, 5) is 26.1. The van der Waals surface area contributed by atoms with Gasteiger partial charge in [0, 0.05) is 26.1 Å². The molecule has 0 radical (unpaired) electrons. The molecule has 1 aromatic heterocycles. The fourth-order valence-electron chi connectivity index (χ4n) is 2.34. The SMILES string of the molecule is CN(CC(=O)NC[C@H](CO)Cc1ccccc1)C(=O)c1cccs1. The minimum atomic E-state index is -0.228. The van der Waals surface area contributed by atoms with Crippen LogP contribution in [0.5, 0.6) is 0 Å². The first-order chi connectivity index (χ1) is 11.6. The van der Waals surface area contributed by atoms with Gasteiger partial charge in [0.15, 0.2) is 0 Å². The smallest absolute Gasteiger partial charge is 0.264 e. The lowest BCUT2D eigenvalue weighted by Crippen LogP contribution is -2.40. The van der Waals surface area contributed by atoms with Gasteiger partial charge in [-0.3, -0.25) is 9.59 Å². The van der Waals surface area contributed by atoms with E-state index in [1.165, 1.54) is 16.2 Å². The van der Waals surface area contributed by atoms with Crippen molar-refractivity contribution < 1.29 is 14.7 Å². The zero-order chi connectivity index (χ0) is 17.4. The molecular weight excluding hydrogens is 324 g/mol. The number of carbonyl (C=O) groups excluding carboxylic acids is 2. The number of thiophene rings is 1. The number of nitrogens with zero attached hydrogens (tertiary/aromatic N) is 1. The number of benzene rings is 1. The van der Waals surface area contributed by atoms with Gasteiger partial charge < -0.3 is 15.3 Å². The molecule has 1 atom stereocenters. The van der Waals surface area contributed by atoms with E-state index in [0.29, 0.717) is 17.8 Å². The molecule has 5 nitrogen and oxygen atoms in total. The molecule has 2 rings (SSSR count). The van der Waals surface area contributed by atoms with Gasteiger partial charge in [0.2, 0.25) is 5.91 Å². The molecule has 0 aliphatic heterocycles. The average molecular weight is 346 g/mol. The molecule has 24 heavy (non-hydrogen) atoms. The minimum absolute atomic E-state index is 0.000217. The van der Waals surface area contributed by atoms with Crippen molar-refractivity contribution in [1.82, 2.24) is 10.2 Å². The molecule has 0 fully saturated rings. The maximum atomic E-state index is 12.1. The van der Waals surface area contributed by atoms with Gasteiger partial charge in [-0.2, -0.15) is 0 Å². The molecule has 1 heterocycles. The molecule has 1 aromatic carbocycles. The molecule has 0 unspecified atom stereocenters. The van der Waals surface area contributed by atoms with Crippen molar-refractivity contribution in [2.24, 2.45) is 5.92 Å². The number of amides is 2. The Morgan fingerprint density at radius 2 is 1.96 bits per heavy atom. The summed E-state index contributed by atoms with van der Waals surface area (Å²) in [5, 5.41) is 14.1. The molecule has 0 aliphatic carbocycles. The quantitative estimate of drug-likeness (QED) is 0.766. The molecule has 2 aromatic rings. The van der Waals surface area contributed by atoms with Crippen molar-refractivity contribution in [3.05, 3.63) is 58.3 Å². The molecule has 2 amide bonds. The third-order valence-electron chi connectivity index (χ3n) is 3.67. The van der Waals surface area contributed by atoms with Gasteiger partial charge in [-0.25, -0.2) is 0 Å². The lowest BCUT2D eigenvalue weighted by molar-refractivity contribution is -0.121. The third kappa shape index (κ3) is 5.47. The number of aliphatic hydroxyl groups is 1. The summed E-state index contributed by atoms with van der Waals surface area (Å²) in [6.07, 6.45) is 0.696. The minimum Gasteiger partial charge on any atom is -0.396 e. The number of carbonyl (C=O) groups is 2. The van der Waals surface area contributed by atoms with Gasteiger partial charge in [-0.15, -0.1) is 11.3 Å². The van der Waals surface area contributed by atoms with Crippen molar-refractivity contribution in [2.45, 2.75) is 6.42 Å². The number of likely N-dealkylation sites (N-methyl/N-ethyl adjacent to an activating group) is 1. The van der Waals surface area contributed by atoms with Crippen LogP contribution in [-0.2, 0) is 11.2 Å². The Labute approximate surface area is 145 Å². The highest BCUT2D eigenvalue weighted by atomic mass is 32.1. The molecule has 2 N–H and O–H groups in total. The Bertz CT molecular complexity index is 644. The summed E-state index contributed by atoms with van der Waals surface area (Å²) < 4.78 is 0. The van der Waals surface area contributed by atoms with Crippen LogP contribution in [0, 0.1) is 5.92 Å². The first kappa shape index (κ1) is 18.2. The molecular formula is C18H22N2O3S. The lowest BCUT2D eigenvalue weighted by atomic mass is 10.00. The van der Waals surface area contributed by atoms with E-state index in [2.05, 4.69) is 5.32 Å². The van der Waals surface area contributed by atoms with E-state index in [0.717, 1.165) is 5.56 Å². The fraction of sp³-hybridized carbons (Fsp3) is 0.333. The van der Waals surface area contributed by atoms with Crippen LogP contribution >= 0.6 is 11.3 Å². The van der Waals surface area contributed by atoms with Crippen LogP contribution in [-0.4, -0.2) is 48.6 Å². The number of hydrogen-bond donors (Lipinski definition) is 2. The van der Waals surface area contributed by atoms with E-state index in [1.54, 1.807) is 19.2 Å². The van der Waals surface area contributed by atoms with Crippen molar-refractivity contribution in [2.75, 3.05) is 26.7 Å². The van der Waals surface area contributed by atoms with Crippen LogP contribution in [0.2, 0.25) is 0 Å². The van der Waals surface area contributed by atoms with Gasteiger partial charge in [0.05, 0.1) is 11.4 Å². The molecule has 0 bridgehead atoms. The summed E-state index contributed by atoms with van der Waals surface area (Å²) in [6, 6.07) is 13.4. The highest BCUT2D eigenvalue weighted by molar-refractivity contribution is 7.12. The van der Waals surface area contributed by atoms with Gasteiger partial charge in [-0.1, -0.05) is 36.4 Å². The number of nitrogens with one attached hydrogen (secondary N) is 1. The molecule has 0 saturated heterocycles. The summed E-state index contributed by atoms with van der Waals surface area (Å²) in [5.41, 5.74) is 1.12. The second-order valence-corrected chi connectivity index (χ2v) is 6.63. The summed E-state index contributed by atoms with van der Waals surface area (Å²) in [5.74, 6) is -0.438. The highest BCUT2D eigenvalue weighted by Crippen LogP contribution is 2.11. The van der Waals surface area contributed by atoms with Gasteiger partial charge in [0.25, 0.3) is 5.91 Å². The van der Waals surface area contributed by atoms with Crippen molar-refractivity contribution in [3.63, 3.8) is 0 Å². The van der Waals surface area contributed by atoms with E-state index in [1.807, 2.05) is 35.7 Å². The predicted molar refractivity (Wildman–Crippen MR) is 95.0 cm³/mol. The van der Waals surface area contributed by atoms with Crippen molar-refractivity contribution in [1.29, 1.82) is 0 Å². The van der Waals surface area contributed by atoms with E-state index >= 15 is 0 Å². The number of hydrogen-bond acceptors (Lipinski definition) is 4. The largest absolute Gasteiger partial charge is 0.396 e. The van der Waals surface area contributed by atoms with E-state index in [9.17, 15) is 14.7 Å². The van der Waals surface area contributed by atoms with Crippen LogP contribution in [0.1, 0.15) is 15.2 Å². The van der Waals surface area contributed by atoms with Crippen LogP contribution < -0.4 is 5.32 Å². The van der Waals surface area contributed by atoms with Crippen molar-refractivity contribution >= 4 is 23.2 Å². The summed E-state index contributed by atoms with van der Waals surface area (Å²) in [7, 11) is 1.61. The normalized spacial score (nSPS) is 11.8. The predicted octanol–water partition coefficient (Wildman–Crippen LogP) is 1.79. The Kier molecular flexibility index (Phi) is 6.96. The second kappa shape index (κ2) is 9.20. The third-order valence-corrected chi connectivity index (χ3v) is 4.53. The van der Waals surface area contributed by atoms with Crippen LogP contribution in [0.3, 0.4) is 0 Å². The molecule has 0 aliphatic rings. The maximum Gasteiger partial charge on any atom is 0.264 e. The monoisotopic (exact) mass is 346 g/mol. The van der Waals surface area contributed by atoms with Gasteiger partial charge in [0.1, 0.15) is 0 Å². The highest BCUT2D eigenvalue weighted by Gasteiger charge is 2.16. The maximum absolute atomic E-state index is 12.1.